The molecule has 120 valence electrons. The third-order valence-corrected chi connectivity index (χ3v) is 3.84. The van der Waals surface area contributed by atoms with Crippen molar-refractivity contribution >= 4 is 33.4 Å². The van der Waals surface area contributed by atoms with Crippen molar-refractivity contribution in [3.63, 3.8) is 0 Å². The van der Waals surface area contributed by atoms with E-state index in [0.29, 0.717) is 29.9 Å². The van der Waals surface area contributed by atoms with Crippen molar-refractivity contribution in [2.45, 2.75) is 13.8 Å². The number of carbonyl (C=O) groups is 2. The van der Waals surface area contributed by atoms with Crippen molar-refractivity contribution in [3.8, 4) is 0 Å². The van der Waals surface area contributed by atoms with Gasteiger partial charge >= 0.3 is 0 Å². The molecular formula is C17H18BrN3O2. The lowest BCUT2D eigenvalue weighted by atomic mass is 10.1. The van der Waals surface area contributed by atoms with Crippen LogP contribution in [0.2, 0.25) is 0 Å². The number of carbonyl (C=O) groups excluding carboxylic acids is 2. The zero-order chi connectivity index (χ0) is 16.8. The maximum Gasteiger partial charge on any atom is 0.257 e. The Balaban J connectivity index is 2.08. The van der Waals surface area contributed by atoms with Crippen LogP contribution in [0, 0.1) is 0 Å². The standard InChI is InChI=1S/C17H18BrN3O2/c1-3-21(4-2)17(23)12-5-7-15(8-6-12)20-16(22)13-9-14(18)11-19-10-13/h5-11H,3-4H2,1-2H3,(H,20,22). The van der Waals surface area contributed by atoms with E-state index >= 15 is 0 Å². The summed E-state index contributed by atoms with van der Waals surface area (Å²) in [5, 5.41) is 2.78. The largest absolute Gasteiger partial charge is 0.339 e. The predicted octanol–water partition coefficient (Wildman–Crippen LogP) is 3.58. The highest BCUT2D eigenvalue weighted by atomic mass is 79.9. The molecule has 0 spiro atoms. The third-order valence-electron chi connectivity index (χ3n) is 3.41. The van der Waals surface area contributed by atoms with Gasteiger partial charge in [0, 0.05) is 41.2 Å². The Morgan fingerprint density at radius 2 is 1.74 bits per heavy atom. The Labute approximate surface area is 143 Å². The van der Waals surface area contributed by atoms with Gasteiger partial charge in [0.05, 0.1) is 5.56 Å². The van der Waals surface area contributed by atoms with Crippen LogP contribution in [0.1, 0.15) is 34.6 Å². The highest BCUT2D eigenvalue weighted by molar-refractivity contribution is 9.10. The van der Waals surface area contributed by atoms with E-state index in [0.717, 1.165) is 4.47 Å². The molecule has 0 atom stereocenters. The van der Waals surface area contributed by atoms with Crippen molar-refractivity contribution in [2.75, 3.05) is 18.4 Å². The Hall–Kier alpha value is -2.21. The quantitative estimate of drug-likeness (QED) is 0.868. The molecular weight excluding hydrogens is 358 g/mol. The van der Waals surface area contributed by atoms with E-state index in [1.54, 1.807) is 41.4 Å². The third kappa shape index (κ3) is 4.39. The van der Waals surface area contributed by atoms with E-state index in [1.165, 1.54) is 6.20 Å². The Morgan fingerprint density at radius 1 is 1.09 bits per heavy atom. The van der Waals surface area contributed by atoms with E-state index in [-0.39, 0.29) is 11.8 Å². The number of halogens is 1. The van der Waals surface area contributed by atoms with Gasteiger partial charge in [-0.15, -0.1) is 0 Å². The van der Waals surface area contributed by atoms with Gasteiger partial charge in [-0.1, -0.05) is 0 Å². The van der Waals surface area contributed by atoms with E-state index in [2.05, 4.69) is 26.2 Å². The number of aromatic nitrogens is 1. The first-order valence-corrected chi connectivity index (χ1v) is 8.15. The van der Waals surface area contributed by atoms with Gasteiger partial charge in [-0.05, 0) is 60.1 Å². The number of benzene rings is 1. The maximum absolute atomic E-state index is 12.2. The van der Waals surface area contributed by atoms with E-state index in [1.807, 2.05) is 13.8 Å². The number of amides is 2. The minimum Gasteiger partial charge on any atom is -0.339 e. The number of nitrogens with zero attached hydrogens (tertiary/aromatic N) is 2. The summed E-state index contributed by atoms with van der Waals surface area (Å²) < 4.78 is 0.741. The van der Waals surface area contributed by atoms with Crippen LogP contribution in [-0.2, 0) is 0 Å². The first-order chi connectivity index (χ1) is 11.0. The van der Waals surface area contributed by atoms with Crippen LogP contribution >= 0.6 is 15.9 Å². The normalized spacial score (nSPS) is 10.2. The smallest absolute Gasteiger partial charge is 0.257 e. The van der Waals surface area contributed by atoms with Gasteiger partial charge in [0.25, 0.3) is 11.8 Å². The van der Waals surface area contributed by atoms with Crippen LogP contribution in [0.25, 0.3) is 0 Å². The maximum atomic E-state index is 12.2. The molecule has 0 saturated carbocycles. The fourth-order valence-electron chi connectivity index (χ4n) is 2.13. The number of hydrogen-bond donors (Lipinski definition) is 1. The van der Waals surface area contributed by atoms with Crippen LogP contribution in [-0.4, -0.2) is 34.8 Å². The monoisotopic (exact) mass is 375 g/mol. The van der Waals surface area contributed by atoms with Crippen molar-refractivity contribution < 1.29 is 9.59 Å². The zero-order valence-corrected chi connectivity index (χ0v) is 14.6. The molecule has 1 aromatic heterocycles. The number of rotatable bonds is 5. The van der Waals surface area contributed by atoms with Gasteiger partial charge in [0.2, 0.25) is 0 Å². The molecule has 0 aliphatic heterocycles. The summed E-state index contributed by atoms with van der Waals surface area (Å²) in [7, 11) is 0. The molecule has 2 aromatic rings. The highest BCUT2D eigenvalue weighted by Gasteiger charge is 2.12. The van der Waals surface area contributed by atoms with Crippen LogP contribution in [0.4, 0.5) is 5.69 Å². The minimum absolute atomic E-state index is 0.0101. The Bertz CT molecular complexity index is 697. The first kappa shape index (κ1) is 17.1. The minimum atomic E-state index is -0.249. The second-order valence-corrected chi connectivity index (χ2v) is 5.82. The molecule has 2 amide bonds. The van der Waals surface area contributed by atoms with Crippen LogP contribution < -0.4 is 5.32 Å². The van der Waals surface area contributed by atoms with Crippen molar-refractivity contribution in [1.29, 1.82) is 0 Å². The number of nitrogens with one attached hydrogen (secondary N) is 1. The summed E-state index contributed by atoms with van der Waals surface area (Å²) in [6, 6.07) is 8.57. The average Bonchev–Trinajstić information content (AvgIpc) is 2.56. The second kappa shape index (κ2) is 7.87. The first-order valence-electron chi connectivity index (χ1n) is 7.36. The summed E-state index contributed by atoms with van der Waals surface area (Å²) in [5.41, 5.74) is 1.70. The zero-order valence-electron chi connectivity index (χ0n) is 13.0. The molecule has 0 saturated heterocycles. The molecule has 0 aliphatic carbocycles. The summed E-state index contributed by atoms with van der Waals surface area (Å²) in [5.74, 6) is -0.259. The summed E-state index contributed by atoms with van der Waals surface area (Å²) in [6.07, 6.45) is 3.11. The average molecular weight is 376 g/mol. The molecule has 1 aromatic carbocycles. The van der Waals surface area contributed by atoms with E-state index < -0.39 is 0 Å². The van der Waals surface area contributed by atoms with E-state index in [9.17, 15) is 9.59 Å². The van der Waals surface area contributed by atoms with Crippen LogP contribution in [0.15, 0.2) is 47.2 Å². The fourth-order valence-corrected chi connectivity index (χ4v) is 2.49. The molecule has 1 heterocycles. The van der Waals surface area contributed by atoms with Gasteiger partial charge in [-0.2, -0.15) is 0 Å². The lowest BCUT2D eigenvalue weighted by Crippen LogP contribution is -2.30. The number of pyridine rings is 1. The Kier molecular flexibility index (Phi) is 5.87. The van der Waals surface area contributed by atoms with Gasteiger partial charge in [0.15, 0.2) is 0 Å². The topological polar surface area (TPSA) is 62.3 Å². The lowest BCUT2D eigenvalue weighted by Gasteiger charge is -2.18. The molecule has 0 bridgehead atoms. The van der Waals surface area contributed by atoms with Crippen molar-refractivity contribution in [2.24, 2.45) is 0 Å². The summed E-state index contributed by atoms with van der Waals surface area (Å²) in [4.78, 5) is 30.1. The van der Waals surface area contributed by atoms with Crippen molar-refractivity contribution in [3.05, 3.63) is 58.3 Å². The molecule has 6 heteroatoms. The highest BCUT2D eigenvalue weighted by Crippen LogP contribution is 2.14. The predicted molar refractivity (Wildman–Crippen MR) is 93.6 cm³/mol. The molecule has 2 rings (SSSR count). The van der Waals surface area contributed by atoms with Crippen LogP contribution in [0.5, 0.6) is 0 Å². The summed E-state index contributed by atoms with van der Waals surface area (Å²) >= 11 is 3.28. The van der Waals surface area contributed by atoms with Gasteiger partial charge in [0.1, 0.15) is 0 Å². The van der Waals surface area contributed by atoms with Gasteiger partial charge in [-0.25, -0.2) is 0 Å². The van der Waals surface area contributed by atoms with Crippen molar-refractivity contribution in [1.82, 2.24) is 9.88 Å². The molecule has 0 unspecified atom stereocenters. The van der Waals surface area contributed by atoms with E-state index in [4.69, 9.17) is 0 Å². The Morgan fingerprint density at radius 3 is 2.30 bits per heavy atom. The lowest BCUT2D eigenvalue weighted by molar-refractivity contribution is 0.0773. The fraction of sp³-hybridized carbons (Fsp3) is 0.235. The molecule has 1 N–H and O–H groups in total. The number of anilines is 1. The molecule has 0 radical (unpaired) electrons. The SMILES string of the molecule is CCN(CC)C(=O)c1ccc(NC(=O)c2cncc(Br)c2)cc1. The molecule has 5 nitrogen and oxygen atoms in total. The molecule has 23 heavy (non-hydrogen) atoms. The molecule has 0 fully saturated rings. The van der Waals surface area contributed by atoms with Gasteiger partial charge in [-0.3, -0.25) is 14.6 Å². The molecule has 0 aliphatic rings. The second-order valence-electron chi connectivity index (χ2n) is 4.90. The van der Waals surface area contributed by atoms with Gasteiger partial charge < -0.3 is 10.2 Å². The number of hydrogen-bond acceptors (Lipinski definition) is 3. The summed E-state index contributed by atoms with van der Waals surface area (Å²) in [6.45, 7) is 5.23. The van der Waals surface area contributed by atoms with Crippen LogP contribution in [0.3, 0.4) is 0 Å².